The van der Waals surface area contributed by atoms with Gasteiger partial charge in [-0.1, -0.05) is 19.4 Å². The lowest BCUT2D eigenvalue weighted by atomic mass is 10.0. The zero-order valence-corrected chi connectivity index (χ0v) is 10.5. The number of hydrogen-bond donors (Lipinski definition) is 1. The molecule has 2 unspecified atom stereocenters. The van der Waals surface area contributed by atoms with E-state index in [1.54, 1.807) is 0 Å². The van der Waals surface area contributed by atoms with Gasteiger partial charge < -0.3 is 10.0 Å². The summed E-state index contributed by atoms with van der Waals surface area (Å²) in [5.74, 6) is 1.92. The van der Waals surface area contributed by atoms with Crippen LogP contribution in [0.3, 0.4) is 0 Å². The van der Waals surface area contributed by atoms with Gasteiger partial charge in [-0.2, -0.15) is 0 Å². The van der Waals surface area contributed by atoms with Gasteiger partial charge in [0.15, 0.2) is 0 Å². The Morgan fingerprint density at radius 2 is 2.00 bits per heavy atom. The molecule has 2 atom stereocenters. The highest BCUT2D eigenvalue weighted by atomic mass is 16.3. The summed E-state index contributed by atoms with van der Waals surface area (Å²) >= 11 is 0. The molecule has 1 aromatic rings. The number of aryl methyl sites for hydroxylation is 1. The minimum Gasteiger partial charge on any atom is -0.392 e. The normalized spacial score (nSPS) is 26.1. The summed E-state index contributed by atoms with van der Waals surface area (Å²) in [6.07, 6.45) is 3.65. The summed E-state index contributed by atoms with van der Waals surface area (Å²) in [6.45, 7) is 4.80. The number of benzene rings is 1. The first-order chi connectivity index (χ1) is 8.31. The van der Waals surface area contributed by atoms with Gasteiger partial charge in [0.05, 0.1) is 6.61 Å². The molecule has 1 aliphatic carbocycles. The number of fused-ring (bicyclic) bond motifs is 1. The third-order valence-electron chi connectivity index (χ3n) is 4.22. The van der Waals surface area contributed by atoms with Crippen LogP contribution in [0.4, 0.5) is 5.69 Å². The molecule has 2 aliphatic rings. The van der Waals surface area contributed by atoms with Crippen molar-refractivity contribution < 1.29 is 5.11 Å². The van der Waals surface area contributed by atoms with Crippen molar-refractivity contribution in [2.45, 2.75) is 32.8 Å². The quantitative estimate of drug-likeness (QED) is 0.861. The largest absolute Gasteiger partial charge is 0.392 e. The van der Waals surface area contributed by atoms with Crippen molar-refractivity contribution in [2.24, 2.45) is 11.8 Å². The maximum atomic E-state index is 9.45. The molecule has 2 heteroatoms. The number of anilines is 1. The second-order valence-corrected chi connectivity index (χ2v) is 5.52. The van der Waals surface area contributed by atoms with E-state index in [2.05, 4.69) is 30.0 Å². The Morgan fingerprint density at radius 1 is 1.24 bits per heavy atom. The monoisotopic (exact) mass is 231 g/mol. The van der Waals surface area contributed by atoms with Gasteiger partial charge in [-0.15, -0.1) is 0 Å². The summed E-state index contributed by atoms with van der Waals surface area (Å²) in [6, 6.07) is 6.62. The predicted molar refractivity (Wildman–Crippen MR) is 70.2 cm³/mol. The Bertz CT molecular complexity index is 405. The van der Waals surface area contributed by atoms with E-state index in [0.29, 0.717) is 0 Å². The smallest absolute Gasteiger partial charge is 0.0685 e. The fourth-order valence-corrected chi connectivity index (χ4v) is 3.08. The number of aliphatic hydroxyl groups excluding tert-OH is 1. The summed E-state index contributed by atoms with van der Waals surface area (Å²) in [5, 5.41) is 9.45. The van der Waals surface area contributed by atoms with Crippen LogP contribution in [0.2, 0.25) is 0 Å². The van der Waals surface area contributed by atoms with Crippen LogP contribution in [-0.4, -0.2) is 18.2 Å². The molecule has 2 nitrogen and oxygen atoms in total. The van der Waals surface area contributed by atoms with E-state index in [0.717, 1.165) is 30.2 Å². The summed E-state index contributed by atoms with van der Waals surface area (Å²) in [4.78, 5) is 2.48. The van der Waals surface area contributed by atoms with Crippen molar-refractivity contribution in [2.75, 3.05) is 18.0 Å². The van der Waals surface area contributed by atoms with E-state index in [1.165, 1.54) is 30.8 Å². The van der Waals surface area contributed by atoms with Crippen molar-refractivity contribution in [3.05, 3.63) is 29.3 Å². The Morgan fingerprint density at radius 3 is 2.65 bits per heavy atom. The van der Waals surface area contributed by atoms with Gasteiger partial charge >= 0.3 is 0 Å². The molecule has 0 amide bonds. The lowest BCUT2D eigenvalue weighted by Gasteiger charge is -2.21. The second kappa shape index (κ2) is 4.34. The Labute approximate surface area is 103 Å². The van der Waals surface area contributed by atoms with Crippen LogP contribution in [-0.2, 0) is 13.0 Å². The molecular weight excluding hydrogens is 210 g/mol. The van der Waals surface area contributed by atoms with E-state index in [4.69, 9.17) is 0 Å². The third kappa shape index (κ3) is 2.06. The number of piperidine rings is 1. The lowest BCUT2D eigenvalue weighted by molar-refractivity contribution is 0.280. The molecule has 0 bridgehead atoms. The molecule has 1 N–H and O–H groups in total. The Kier molecular flexibility index (Phi) is 2.83. The average molecular weight is 231 g/mol. The zero-order chi connectivity index (χ0) is 11.8. The van der Waals surface area contributed by atoms with Crippen molar-refractivity contribution in [3.63, 3.8) is 0 Å². The van der Waals surface area contributed by atoms with Crippen molar-refractivity contribution >= 4 is 5.69 Å². The predicted octanol–water partition coefficient (Wildman–Crippen LogP) is 2.59. The standard InChI is InChI=1S/C15H21NO/c1-2-3-11-4-5-15(7-14(11)10-17)16-8-12-6-13(12)9-16/h4-5,7,12-13,17H,2-3,6,8-10H2,1H3. The van der Waals surface area contributed by atoms with Crippen molar-refractivity contribution in [1.29, 1.82) is 0 Å². The maximum Gasteiger partial charge on any atom is 0.0685 e. The fraction of sp³-hybridized carbons (Fsp3) is 0.600. The van der Waals surface area contributed by atoms with Crippen LogP contribution < -0.4 is 4.90 Å². The molecule has 1 saturated carbocycles. The third-order valence-corrected chi connectivity index (χ3v) is 4.22. The van der Waals surface area contributed by atoms with Crippen LogP contribution >= 0.6 is 0 Å². The van der Waals surface area contributed by atoms with Gasteiger partial charge in [0.1, 0.15) is 0 Å². The highest BCUT2D eigenvalue weighted by Crippen LogP contribution is 2.46. The van der Waals surface area contributed by atoms with Crippen LogP contribution in [0.15, 0.2) is 18.2 Å². The fourth-order valence-electron chi connectivity index (χ4n) is 3.08. The van der Waals surface area contributed by atoms with Crippen molar-refractivity contribution in [3.8, 4) is 0 Å². The molecule has 2 fully saturated rings. The highest BCUT2D eigenvalue weighted by molar-refractivity contribution is 5.52. The minimum atomic E-state index is 0.171. The van der Waals surface area contributed by atoms with Gasteiger partial charge in [-0.05, 0) is 47.9 Å². The molecule has 1 aliphatic heterocycles. The summed E-state index contributed by atoms with van der Waals surface area (Å²) < 4.78 is 0. The molecule has 0 radical (unpaired) electrons. The highest BCUT2D eigenvalue weighted by Gasteiger charge is 2.45. The average Bonchev–Trinajstić information content (AvgIpc) is 2.97. The zero-order valence-electron chi connectivity index (χ0n) is 10.5. The van der Waals surface area contributed by atoms with Crippen molar-refractivity contribution in [1.82, 2.24) is 0 Å². The molecule has 0 spiro atoms. The number of hydrogen-bond acceptors (Lipinski definition) is 2. The first kappa shape index (κ1) is 11.1. The number of rotatable bonds is 4. The Hall–Kier alpha value is -1.02. The molecule has 1 aromatic carbocycles. The maximum absolute atomic E-state index is 9.45. The first-order valence-corrected chi connectivity index (χ1v) is 6.79. The van der Waals surface area contributed by atoms with Gasteiger partial charge in [0.2, 0.25) is 0 Å². The first-order valence-electron chi connectivity index (χ1n) is 6.79. The summed E-state index contributed by atoms with van der Waals surface area (Å²) in [5.41, 5.74) is 3.73. The topological polar surface area (TPSA) is 23.5 Å². The van der Waals surface area contributed by atoms with Crippen LogP contribution in [0.5, 0.6) is 0 Å². The molecule has 3 rings (SSSR count). The van der Waals surface area contributed by atoms with E-state index >= 15 is 0 Å². The van der Waals surface area contributed by atoms with Crippen LogP contribution in [0.25, 0.3) is 0 Å². The second-order valence-electron chi connectivity index (χ2n) is 5.52. The van der Waals surface area contributed by atoms with Gasteiger partial charge in [0, 0.05) is 18.8 Å². The molecule has 1 saturated heterocycles. The van der Waals surface area contributed by atoms with Crippen LogP contribution in [0.1, 0.15) is 30.9 Å². The minimum absolute atomic E-state index is 0.171. The van der Waals surface area contributed by atoms with E-state index in [1.807, 2.05) is 0 Å². The molecule has 17 heavy (non-hydrogen) atoms. The SMILES string of the molecule is CCCc1ccc(N2CC3CC3C2)cc1CO. The molecule has 1 heterocycles. The summed E-state index contributed by atoms with van der Waals surface area (Å²) in [7, 11) is 0. The molecular formula is C15H21NO. The number of aliphatic hydroxyl groups is 1. The van der Waals surface area contributed by atoms with Gasteiger partial charge in [0.25, 0.3) is 0 Å². The molecule has 92 valence electrons. The van der Waals surface area contributed by atoms with Gasteiger partial charge in [-0.3, -0.25) is 0 Å². The van der Waals surface area contributed by atoms with Crippen LogP contribution in [0, 0.1) is 11.8 Å². The number of nitrogens with zero attached hydrogens (tertiary/aromatic N) is 1. The Balaban J connectivity index is 1.80. The van der Waals surface area contributed by atoms with E-state index in [9.17, 15) is 5.11 Å². The lowest BCUT2D eigenvalue weighted by Crippen LogP contribution is -2.21. The van der Waals surface area contributed by atoms with Gasteiger partial charge in [-0.25, -0.2) is 0 Å². The van der Waals surface area contributed by atoms with E-state index < -0.39 is 0 Å². The van der Waals surface area contributed by atoms with E-state index in [-0.39, 0.29) is 6.61 Å². The molecule has 0 aromatic heterocycles.